The Balaban J connectivity index is 4.59. The second-order valence-corrected chi connectivity index (χ2v) is 18.3. The summed E-state index contributed by atoms with van der Waals surface area (Å²) < 4.78 is 47.7. The maximum absolute atomic E-state index is 12.7. The van der Waals surface area contributed by atoms with Gasteiger partial charge in [-0.15, -0.1) is 0 Å². The van der Waals surface area contributed by atoms with E-state index in [9.17, 15) is 38.9 Å². The van der Waals surface area contributed by atoms with Crippen LogP contribution in [0.5, 0.6) is 0 Å². The molecule has 1 unspecified atom stereocenters. The topological polar surface area (TPSA) is 236 Å². The molecule has 0 aromatic heterocycles. The van der Waals surface area contributed by atoms with E-state index in [1.54, 1.807) is 0 Å². The average molecular weight is 889 g/mol. The van der Waals surface area contributed by atoms with Gasteiger partial charge in [0.05, 0.1) is 32.0 Å². The third-order valence-corrected chi connectivity index (χ3v) is 11.3. The van der Waals surface area contributed by atoms with Crippen LogP contribution >= 0.6 is 15.6 Å². The fraction of sp³-hybridized carbons (Fsp3) is 0.905. The van der Waals surface area contributed by atoms with E-state index in [0.29, 0.717) is 32.1 Å². The smallest absolute Gasteiger partial charge is 0.462 e. The lowest BCUT2D eigenvalue weighted by atomic mass is 10.0. The van der Waals surface area contributed by atoms with Crippen molar-refractivity contribution in [3.63, 3.8) is 0 Å². The SMILES string of the molecule is CCCCC/C=C\C[C@H](O)[C@@H](O)CCCCCCCC(=O)O[C@H](COC(=O)CCCCCCCCCCCCCCCCC)COP(=O)(O)OC[C@@H](O)COP(=O)(O)O. The van der Waals surface area contributed by atoms with Crippen molar-refractivity contribution in [1.29, 1.82) is 0 Å². The van der Waals surface area contributed by atoms with Gasteiger partial charge in [-0.3, -0.25) is 23.2 Å². The van der Waals surface area contributed by atoms with E-state index < -0.39 is 78.4 Å². The van der Waals surface area contributed by atoms with Crippen LogP contribution in [0.25, 0.3) is 0 Å². The van der Waals surface area contributed by atoms with Crippen LogP contribution in [0.15, 0.2) is 12.2 Å². The van der Waals surface area contributed by atoms with E-state index in [-0.39, 0.29) is 12.8 Å². The maximum atomic E-state index is 12.7. The second-order valence-electron chi connectivity index (χ2n) is 15.6. The van der Waals surface area contributed by atoms with Crippen molar-refractivity contribution in [3.8, 4) is 0 Å². The summed E-state index contributed by atoms with van der Waals surface area (Å²) in [7, 11) is -9.72. The number of esters is 2. The van der Waals surface area contributed by atoms with E-state index >= 15 is 0 Å². The van der Waals surface area contributed by atoms with Crippen molar-refractivity contribution in [2.45, 2.75) is 218 Å². The number of phosphoric acid groups is 2. The first-order chi connectivity index (χ1) is 28.2. The molecule has 0 fully saturated rings. The predicted octanol–water partition coefficient (Wildman–Crippen LogP) is 9.29. The Morgan fingerprint density at radius 3 is 1.53 bits per heavy atom. The van der Waals surface area contributed by atoms with E-state index in [2.05, 4.69) is 22.9 Å². The molecule has 5 atom stereocenters. The highest BCUT2D eigenvalue weighted by Crippen LogP contribution is 2.43. The minimum Gasteiger partial charge on any atom is -0.462 e. The Labute approximate surface area is 355 Å². The number of rotatable bonds is 43. The lowest BCUT2D eigenvalue weighted by molar-refractivity contribution is -0.161. The lowest BCUT2D eigenvalue weighted by Crippen LogP contribution is -2.30. The first kappa shape index (κ1) is 57.8. The summed E-state index contributed by atoms with van der Waals surface area (Å²) in [5.41, 5.74) is 0. The van der Waals surface area contributed by atoms with E-state index in [0.717, 1.165) is 57.8 Å². The molecule has 15 nitrogen and oxygen atoms in total. The largest absolute Gasteiger partial charge is 0.472 e. The normalized spacial score (nSPS) is 15.2. The minimum atomic E-state index is -4.88. The van der Waals surface area contributed by atoms with Gasteiger partial charge in [0.1, 0.15) is 12.7 Å². The molecule has 0 saturated carbocycles. The van der Waals surface area contributed by atoms with Crippen LogP contribution in [0.4, 0.5) is 0 Å². The molecule has 0 aromatic rings. The van der Waals surface area contributed by atoms with E-state index in [4.69, 9.17) is 23.8 Å². The summed E-state index contributed by atoms with van der Waals surface area (Å²) in [6.45, 7) is 1.55. The highest BCUT2D eigenvalue weighted by Gasteiger charge is 2.28. The summed E-state index contributed by atoms with van der Waals surface area (Å²) in [5, 5.41) is 30.2. The van der Waals surface area contributed by atoms with Crippen molar-refractivity contribution in [3.05, 3.63) is 12.2 Å². The fourth-order valence-corrected chi connectivity index (χ4v) is 7.41. The molecule has 0 amide bonds. The number of carbonyl (C=O) groups is 2. The van der Waals surface area contributed by atoms with Crippen molar-refractivity contribution >= 4 is 27.6 Å². The zero-order valence-corrected chi connectivity index (χ0v) is 38.1. The molecule has 0 aliphatic rings. The first-order valence-corrected chi connectivity index (χ1v) is 25.6. The molecular weight excluding hydrogens is 806 g/mol. The van der Waals surface area contributed by atoms with Gasteiger partial charge in [0, 0.05) is 12.8 Å². The summed E-state index contributed by atoms with van der Waals surface area (Å²) in [6.07, 6.45) is 26.5. The van der Waals surface area contributed by atoms with Gasteiger partial charge in [-0.2, -0.15) is 0 Å². The molecular formula is C42H82O15P2. The Bertz CT molecular complexity index is 1140. The van der Waals surface area contributed by atoms with Crippen molar-refractivity contribution in [2.24, 2.45) is 0 Å². The number of carbonyl (C=O) groups excluding carboxylic acids is 2. The predicted molar refractivity (Wildman–Crippen MR) is 228 cm³/mol. The lowest BCUT2D eigenvalue weighted by Gasteiger charge is -2.20. The van der Waals surface area contributed by atoms with Crippen LogP contribution in [0.3, 0.4) is 0 Å². The fourth-order valence-electron chi connectivity index (χ4n) is 6.25. The molecule has 0 radical (unpaired) electrons. The Kier molecular flexibility index (Phi) is 37.7. The molecule has 0 aliphatic carbocycles. The third-order valence-electron chi connectivity index (χ3n) is 9.85. The quantitative estimate of drug-likeness (QED) is 0.0145. The second kappa shape index (κ2) is 38.5. The first-order valence-electron chi connectivity index (χ1n) is 22.5. The average Bonchev–Trinajstić information content (AvgIpc) is 3.19. The van der Waals surface area contributed by atoms with Crippen molar-refractivity contribution in [1.82, 2.24) is 0 Å². The molecule has 0 aromatic carbocycles. The Morgan fingerprint density at radius 1 is 0.525 bits per heavy atom. The molecule has 0 heterocycles. The van der Waals surface area contributed by atoms with Crippen LogP contribution in [0.1, 0.15) is 194 Å². The number of aliphatic hydroxyl groups is 3. The molecule has 0 saturated heterocycles. The van der Waals surface area contributed by atoms with Gasteiger partial charge < -0.3 is 39.5 Å². The van der Waals surface area contributed by atoms with Crippen LogP contribution in [0, 0.1) is 0 Å². The molecule has 17 heteroatoms. The number of ether oxygens (including phenoxy) is 2. The summed E-state index contributed by atoms with van der Waals surface area (Å²) >= 11 is 0. The number of hydrogen-bond donors (Lipinski definition) is 6. The Morgan fingerprint density at radius 2 is 0.983 bits per heavy atom. The molecule has 6 N–H and O–H groups in total. The zero-order valence-electron chi connectivity index (χ0n) is 36.3. The van der Waals surface area contributed by atoms with Crippen molar-refractivity contribution in [2.75, 3.05) is 26.4 Å². The Hall–Kier alpha value is -1.22. The number of hydrogen-bond acceptors (Lipinski definition) is 12. The molecule has 59 heavy (non-hydrogen) atoms. The van der Waals surface area contributed by atoms with Gasteiger partial charge in [-0.25, -0.2) is 9.13 Å². The van der Waals surface area contributed by atoms with Crippen LogP contribution in [-0.4, -0.2) is 92.8 Å². The van der Waals surface area contributed by atoms with Gasteiger partial charge in [-0.05, 0) is 38.5 Å². The molecule has 0 bridgehead atoms. The van der Waals surface area contributed by atoms with Gasteiger partial charge >= 0.3 is 27.6 Å². The summed E-state index contributed by atoms with van der Waals surface area (Å²) in [5.74, 6) is -1.13. The van der Waals surface area contributed by atoms with Gasteiger partial charge in [0.15, 0.2) is 6.10 Å². The maximum Gasteiger partial charge on any atom is 0.472 e. The van der Waals surface area contributed by atoms with Crippen LogP contribution < -0.4 is 0 Å². The molecule has 350 valence electrons. The molecule has 0 aliphatic heterocycles. The van der Waals surface area contributed by atoms with Gasteiger partial charge in [-0.1, -0.05) is 154 Å². The highest BCUT2D eigenvalue weighted by atomic mass is 31.2. The summed E-state index contributed by atoms with van der Waals surface area (Å²) in [6, 6.07) is 0. The molecule has 0 rings (SSSR count). The number of aliphatic hydroxyl groups excluding tert-OH is 3. The van der Waals surface area contributed by atoms with Gasteiger partial charge in [0.25, 0.3) is 0 Å². The monoisotopic (exact) mass is 889 g/mol. The number of unbranched alkanes of at least 4 members (excludes halogenated alkanes) is 21. The van der Waals surface area contributed by atoms with Crippen LogP contribution in [0.2, 0.25) is 0 Å². The third kappa shape index (κ3) is 40.6. The van der Waals surface area contributed by atoms with Crippen LogP contribution in [-0.2, 0) is 41.8 Å². The standard InChI is InChI=1S/C42H82O15P2/c1-3-5-7-9-11-12-13-14-15-16-17-18-19-23-27-31-41(46)53-35-38(36-56-59(51,52)55-34-37(43)33-54-58(48,49)50)57-42(47)32-28-24-20-22-26-30-40(45)39(44)29-25-21-10-8-6-4-2/h21,25,37-40,43-45H,3-20,22-24,26-36H2,1-2H3,(H,51,52)(H2,48,49,50)/b25-21-/t37-,38+,39-,40-/m0/s1. The summed E-state index contributed by atoms with van der Waals surface area (Å²) in [4.78, 5) is 52.7. The van der Waals surface area contributed by atoms with E-state index in [1.165, 1.54) is 77.0 Å². The molecule has 0 spiro atoms. The van der Waals surface area contributed by atoms with Crippen molar-refractivity contribution < 1.29 is 71.8 Å². The number of allylic oxidation sites excluding steroid dienone is 1. The highest BCUT2D eigenvalue weighted by molar-refractivity contribution is 7.47. The minimum absolute atomic E-state index is 0.0363. The van der Waals surface area contributed by atoms with E-state index in [1.807, 2.05) is 12.2 Å². The zero-order chi connectivity index (χ0) is 44.0. The number of phosphoric ester groups is 2. The van der Waals surface area contributed by atoms with Gasteiger partial charge in [0.2, 0.25) is 0 Å².